The molecule has 4 rings (SSSR count). The molecule has 0 aromatic carbocycles. The average molecular weight is 285 g/mol. The molecule has 2 nitrogen and oxygen atoms in total. The third-order valence-electron chi connectivity index (χ3n) is 3.66. The molecular weight excluding hydrogens is 274 g/mol. The van der Waals surface area contributed by atoms with Gasteiger partial charge >= 0.3 is 0 Å². The number of pyridine rings is 1. The topological polar surface area (TPSA) is 30.0 Å². The Labute approximate surface area is 118 Å². The summed E-state index contributed by atoms with van der Waals surface area (Å²) in [6.07, 6.45) is 3.66. The number of fused-ring (bicyclic) bond motifs is 2. The van der Waals surface area contributed by atoms with Crippen LogP contribution in [0.15, 0.2) is 35.8 Å². The molecule has 0 spiro atoms. The van der Waals surface area contributed by atoms with Gasteiger partial charge < -0.3 is 0 Å². The van der Waals surface area contributed by atoms with E-state index in [1.165, 1.54) is 15.0 Å². The Kier molecular flexibility index (Phi) is 2.53. The van der Waals surface area contributed by atoms with Gasteiger partial charge in [-0.25, -0.2) is 0 Å². The minimum atomic E-state index is -0.0380. The zero-order valence-corrected chi connectivity index (χ0v) is 11.8. The van der Waals surface area contributed by atoms with E-state index in [-0.39, 0.29) is 11.7 Å². The number of nitrogens with zero attached hydrogens (tertiary/aromatic N) is 1. The number of carbonyl (C=O) groups excluding carboxylic acids is 1. The lowest BCUT2D eigenvalue weighted by molar-refractivity contribution is 0.0962. The molecule has 0 N–H and O–H groups in total. The van der Waals surface area contributed by atoms with Crippen LogP contribution in [0.5, 0.6) is 0 Å². The maximum absolute atomic E-state index is 12.7. The summed E-state index contributed by atoms with van der Waals surface area (Å²) in [7, 11) is 0. The second-order valence-electron chi connectivity index (χ2n) is 4.76. The van der Waals surface area contributed by atoms with Crippen LogP contribution in [0.3, 0.4) is 0 Å². The molecule has 0 radical (unpaired) electrons. The smallest absolute Gasteiger partial charge is 0.181 e. The van der Waals surface area contributed by atoms with E-state index in [9.17, 15) is 4.79 Å². The summed E-state index contributed by atoms with van der Waals surface area (Å²) in [6.45, 7) is 0. The molecule has 1 aliphatic rings. The van der Waals surface area contributed by atoms with Crippen LogP contribution in [0, 0.1) is 0 Å². The fraction of sp³-hybridized carbons (Fsp3) is 0.200. The molecule has 4 heteroatoms. The van der Waals surface area contributed by atoms with Crippen molar-refractivity contribution in [2.24, 2.45) is 0 Å². The van der Waals surface area contributed by atoms with Gasteiger partial charge in [-0.3, -0.25) is 9.78 Å². The summed E-state index contributed by atoms with van der Waals surface area (Å²) >= 11 is 3.30. The molecule has 94 valence electrons. The molecule has 0 saturated carbocycles. The molecule has 3 heterocycles. The molecule has 3 aromatic rings. The van der Waals surface area contributed by atoms with Crippen molar-refractivity contribution in [2.45, 2.75) is 18.8 Å². The number of Topliss-reactive ketones (excluding diaryl/α,β-unsaturated/α-hetero) is 1. The Bertz CT molecular complexity index is 743. The molecule has 1 aliphatic carbocycles. The Morgan fingerprint density at radius 1 is 1.32 bits per heavy atom. The number of aromatic nitrogens is 1. The highest BCUT2D eigenvalue weighted by atomic mass is 32.1. The van der Waals surface area contributed by atoms with Crippen molar-refractivity contribution < 1.29 is 4.79 Å². The molecule has 0 aliphatic heterocycles. The van der Waals surface area contributed by atoms with Gasteiger partial charge in [0.15, 0.2) is 5.78 Å². The van der Waals surface area contributed by atoms with Crippen LogP contribution in [-0.2, 0) is 6.42 Å². The maximum atomic E-state index is 12.7. The van der Waals surface area contributed by atoms with Gasteiger partial charge in [0.1, 0.15) is 0 Å². The first-order chi connectivity index (χ1) is 9.33. The normalized spacial score (nSPS) is 17.8. The van der Waals surface area contributed by atoms with Gasteiger partial charge in [0.05, 0.1) is 16.5 Å². The van der Waals surface area contributed by atoms with Crippen molar-refractivity contribution >= 4 is 37.9 Å². The molecule has 0 amide bonds. The van der Waals surface area contributed by atoms with Gasteiger partial charge in [-0.1, -0.05) is 6.07 Å². The van der Waals surface area contributed by atoms with E-state index in [0.717, 1.165) is 23.4 Å². The number of hydrogen-bond donors (Lipinski definition) is 0. The summed E-state index contributed by atoms with van der Waals surface area (Å²) in [5.41, 5.74) is 2.23. The highest BCUT2D eigenvalue weighted by molar-refractivity contribution is 7.27. The molecule has 1 unspecified atom stereocenters. The summed E-state index contributed by atoms with van der Waals surface area (Å²) in [6, 6.07) is 8.16. The lowest BCUT2D eigenvalue weighted by Crippen LogP contribution is -2.09. The summed E-state index contributed by atoms with van der Waals surface area (Å²) in [5, 5.41) is 2.07. The van der Waals surface area contributed by atoms with Crippen LogP contribution in [0.4, 0.5) is 0 Å². The van der Waals surface area contributed by atoms with Crippen LogP contribution < -0.4 is 0 Å². The number of carbonyl (C=O) groups is 1. The van der Waals surface area contributed by atoms with Gasteiger partial charge in [-0.15, -0.1) is 22.7 Å². The van der Waals surface area contributed by atoms with Crippen molar-refractivity contribution in [3.8, 4) is 0 Å². The summed E-state index contributed by atoms with van der Waals surface area (Å²) in [4.78, 5) is 17.9. The third kappa shape index (κ3) is 1.75. The summed E-state index contributed by atoms with van der Waals surface area (Å²) < 4.78 is 2.43. The fourth-order valence-electron chi connectivity index (χ4n) is 2.73. The Balaban J connectivity index is 1.73. The maximum Gasteiger partial charge on any atom is 0.181 e. The SMILES string of the molecule is O=C(c1cc2sccc2s1)C1CCc2cccnc21. The lowest BCUT2D eigenvalue weighted by Gasteiger charge is -2.07. The minimum absolute atomic E-state index is 0.0380. The number of ketones is 1. The van der Waals surface area contributed by atoms with Crippen molar-refractivity contribution in [1.82, 2.24) is 4.98 Å². The van der Waals surface area contributed by atoms with Gasteiger partial charge in [0.25, 0.3) is 0 Å². The zero-order valence-electron chi connectivity index (χ0n) is 10.1. The Hall–Kier alpha value is -1.52. The van der Waals surface area contributed by atoms with Crippen molar-refractivity contribution in [3.05, 3.63) is 52.0 Å². The molecule has 3 aromatic heterocycles. The van der Waals surface area contributed by atoms with E-state index in [1.54, 1.807) is 28.9 Å². The summed E-state index contributed by atoms with van der Waals surface area (Å²) in [5.74, 6) is 0.204. The molecule has 19 heavy (non-hydrogen) atoms. The number of rotatable bonds is 2. The minimum Gasteiger partial charge on any atom is -0.293 e. The molecule has 0 bridgehead atoms. The van der Waals surface area contributed by atoms with E-state index in [1.807, 2.05) is 12.1 Å². The first-order valence-electron chi connectivity index (χ1n) is 6.28. The molecule has 0 fully saturated rings. The lowest BCUT2D eigenvalue weighted by atomic mass is 10.0. The highest BCUT2D eigenvalue weighted by Crippen LogP contribution is 2.37. The van der Waals surface area contributed by atoms with Gasteiger partial charge in [-0.05, 0) is 42.0 Å². The number of hydrogen-bond acceptors (Lipinski definition) is 4. The van der Waals surface area contributed by atoms with E-state index in [2.05, 4.69) is 22.5 Å². The van der Waals surface area contributed by atoms with Crippen molar-refractivity contribution in [3.63, 3.8) is 0 Å². The van der Waals surface area contributed by atoms with Crippen LogP contribution >= 0.6 is 22.7 Å². The largest absolute Gasteiger partial charge is 0.293 e. The van der Waals surface area contributed by atoms with Crippen LogP contribution in [-0.4, -0.2) is 10.8 Å². The predicted molar refractivity (Wildman–Crippen MR) is 79.3 cm³/mol. The first-order valence-corrected chi connectivity index (χ1v) is 7.97. The first kappa shape index (κ1) is 11.3. The standard InChI is InChI=1S/C15H11NOS2/c17-15(13-8-12-11(19-13)5-7-18-12)10-4-3-9-2-1-6-16-14(9)10/h1-2,5-8,10H,3-4H2. The van der Waals surface area contributed by atoms with Crippen molar-refractivity contribution in [1.29, 1.82) is 0 Å². The van der Waals surface area contributed by atoms with Gasteiger partial charge in [0.2, 0.25) is 0 Å². The van der Waals surface area contributed by atoms with Crippen LogP contribution in [0.1, 0.15) is 33.3 Å². The zero-order chi connectivity index (χ0) is 12.8. The number of aryl methyl sites for hydroxylation is 1. The molecule has 1 atom stereocenters. The number of thiophene rings is 2. The van der Waals surface area contributed by atoms with E-state index >= 15 is 0 Å². The Morgan fingerprint density at radius 3 is 3.16 bits per heavy atom. The third-order valence-corrected chi connectivity index (χ3v) is 5.77. The predicted octanol–water partition coefficient (Wildman–Crippen LogP) is 4.27. The van der Waals surface area contributed by atoms with Crippen molar-refractivity contribution in [2.75, 3.05) is 0 Å². The van der Waals surface area contributed by atoms with E-state index in [4.69, 9.17) is 0 Å². The Morgan fingerprint density at radius 2 is 2.26 bits per heavy atom. The van der Waals surface area contributed by atoms with Crippen LogP contribution in [0.25, 0.3) is 9.40 Å². The molecule has 0 saturated heterocycles. The monoisotopic (exact) mass is 285 g/mol. The van der Waals surface area contributed by atoms with Gasteiger partial charge in [0, 0.05) is 15.6 Å². The average Bonchev–Trinajstić information content (AvgIpc) is 3.11. The quantitative estimate of drug-likeness (QED) is 0.658. The van der Waals surface area contributed by atoms with E-state index < -0.39 is 0 Å². The van der Waals surface area contributed by atoms with Crippen LogP contribution in [0.2, 0.25) is 0 Å². The second-order valence-corrected chi connectivity index (χ2v) is 6.79. The second kappa shape index (κ2) is 4.25. The fourth-order valence-corrected chi connectivity index (χ4v) is 4.83. The molecular formula is C15H11NOS2. The highest BCUT2D eigenvalue weighted by Gasteiger charge is 2.31. The van der Waals surface area contributed by atoms with E-state index in [0.29, 0.717) is 0 Å². The van der Waals surface area contributed by atoms with Gasteiger partial charge in [-0.2, -0.15) is 0 Å².